The third-order valence-electron chi connectivity index (χ3n) is 3.83. The molecule has 0 amide bonds. The summed E-state index contributed by atoms with van der Waals surface area (Å²) in [5, 5.41) is 27.7. The van der Waals surface area contributed by atoms with E-state index in [1.807, 2.05) is 11.1 Å². The maximum atomic E-state index is 12.2. The second-order valence-corrected chi connectivity index (χ2v) is 6.80. The Morgan fingerprint density at radius 2 is 2.26 bits per heavy atom. The van der Waals surface area contributed by atoms with Gasteiger partial charge in [0.2, 0.25) is 5.27 Å². The van der Waals surface area contributed by atoms with Crippen molar-refractivity contribution in [2.45, 2.75) is 24.8 Å². The van der Waals surface area contributed by atoms with E-state index in [2.05, 4.69) is 28.2 Å². The van der Waals surface area contributed by atoms with Crippen molar-refractivity contribution in [3.8, 4) is 6.07 Å². The van der Waals surface area contributed by atoms with Crippen LogP contribution >= 0.6 is 11.8 Å². The number of rotatable bonds is 7. The monoisotopic (exact) mass is 388 g/mol. The Morgan fingerprint density at radius 3 is 3.00 bits per heavy atom. The van der Waals surface area contributed by atoms with Crippen LogP contribution in [0.5, 0.6) is 0 Å². The molecule has 0 aliphatic carbocycles. The lowest BCUT2D eigenvalue weighted by atomic mass is 10.2. The largest absolute Gasteiger partial charge is 0.861 e. The number of pyridine rings is 1. The third kappa shape index (κ3) is 5.18. The van der Waals surface area contributed by atoms with Crippen LogP contribution in [0.15, 0.2) is 32.9 Å². The van der Waals surface area contributed by atoms with E-state index in [0.717, 1.165) is 18.5 Å². The van der Waals surface area contributed by atoms with Crippen LogP contribution in [-0.4, -0.2) is 48.2 Å². The Morgan fingerprint density at radius 1 is 1.44 bits per heavy atom. The van der Waals surface area contributed by atoms with E-state index >= 15 is 0 Å². The van der Waals surface area contributed by atoms with Gasteiger partial charge in [0.1, 0.15) is 11.1 Å². The van der Waals surface area contributed by atoms with E-state index in [9.17, 15) is 10.4 Å². The number of aromatic nitrogens is 3. The first-order valence-electron chi connectivity index (χ1n) is 8.68. The van der Waals surface area contributed by atoms with Gasteiger partial charge in [0.25, 0.3) is 6.20 Å². The van der Waals surface area contributed by atoms with Crippen molar-refractivity contribution < 1.29 is 19.2 Å². The predicted octanol–water partition coefficient (Wildman–Crippen LogP) is 0.332. The van der Waals surface area contributed by atoms with Gasteiger partial charge in [-0.25, -0.2) is 9.98 Å². The molecule has 9 nitrogen and oxygen atoms in total. The Hall–Kier alpha value is -2.64. The standard InChI is InChI=1S/C17H20N6O3S/c1-2-3-14-5-4-13(10-18)17(19-14)27-12-15(24)20-16-11-23(21-26-16)22-6-8-25-9-7-22/h4-5,11H,2-3,6-9,12H2,1H3. The molecule has 3 heterocycles. The first-order chi connectivity index (χ1) is 13.2. The van der Waals surface area contributed by atoms with E-state index in [1.165, 1.54) is 16.6 Å². The lowest BCUT2D eigenvalue weighted by molar-refractivity contribution is -0.759. The van der Waals surface area contributed by atoms with Gasteiger partial charge in [-0.1, -0.05) is 25.1 Å². The molecule has 0 radical (unpaired) electrons. The van der Waals surface area contributed by atoms with Gasteiger partial charge in [0, 0.05) is 11.4 Å². The number of aryl methyl sites for hydroxylation is 1. The van der Waals surface area contributed by atoms with Crippen molar-refractivity contribution in [3.63, 3.8) is 0 Å². The molecule has 1 fully saturated rings. The van der Waals surface area contributed by atoms with Gasteiger partial charge in [0.15, 0.2) is 0 Å². The minimum Gasteiger partial charge on any atom is -0.861 e. The van der Waals surface area contributed by atoms with Gasteiger partial charge in [0.05, 0.1) is 36.7 Å². The van der Waals surface area contributed by atoms with Gasteiger partial charge in [-0.05, 0) is 24.5 Å². The average molecular weight is 388 g/mol. The average Bonchev–Trinajstić information content (AvgIpc) is 3.16. The summed E-state index contributed by atoms with van der Waals surface area (Å²) >= 11 is 1.20. The summed E-state index contributed by atoms with van der Waals surface area (Å²) in [7, 11) is 0. The highest BCUT2D eigenvalue weighted by atomic mass is 32.2. The molecule has 0 N–H and O–H groups in total. The molecule has 1 aliphatic rings. The summed E-state index contributed by atoms with van der Waals surface area (Å²) in [6.45, 7) is 4.68. The maximum absolute atomic E-state index is 12.2. The van der Waals surface area contributed by atoms with Crippen LogP contribution < -0.4 is 14.9 Å². The molecule has 0 unspecified atom stereocenters. The summed E-state index contributed by atoms with van der Waals surface area (Å²) in [5.74, 6) is -0.174. The van der Waals surface area contributed by atoms with Crippen molar-refractivity contribution in [2.75, 3.05) is 37.1 Å². The van der Waals surface area contributed by atoms with E-state index < -0.39 is 0 Å². The van der Waals surface area contributed by atoms with E-state index in [0.29, 0.717) is 36.9 Å². The van der Waals surface area contributed by atoms with E-state index in [4.69, 9.17) is 9.26 Å². The van der Waals surface area contributed by atoms with E-state index in [-0.39, 0.29) is 17.5 Å². The molecule has 0 saturated carbocycles. The summed E-state index contributed by atoms with van der Waals surface area (Å²) < 4.78 is 10.4. The SMILES string of the molecule is CCCc1ccc(C#N)c(SC/C([O-])=N/c2c[n+](N3CCOCC3)no2)n1. The van der Waals surface area contributed by atoms with Crippen LogP contribution in [0.1, 0.15) is 24.6 Å². The number of thioether (sulfide) groups is 1. The fourth-order valence-corrected chi connectivity index (χ4v) is 3.30. The molecule has 1 saturated heterocycles. The quantitative estimate of drug-likeness (QED) is 0.288. The van der Waals surface area contributed by atoms with Gasteiger partial charge in [-0.3, -0.25) is 4.52 Å². The lowest BCUT2D eigenvalue weighted by Gasteiger charge is -2.18. The van der Waals surface area contributed by atoms with Crippen molar-refractivity contribution in [2.24, 2.45) is 4.99 Å². The van der Waals surface area contributed by atoms with Crippen LogP contribution in [0.3, 0.4) is 0 Å². The minimum atomic E-state index is -0.378. The molecule has 2 aromatic heterocycles. The lowest BCUT2D eigenvalue weighted by Crippen LogP contribution is -2.62. The topological polar surface area (TPSA) is 114 Å². The Labute approximate surface area is 161 Å². The molecular weight excluding hydrogens is 368 g/mol. The zero-order chi connectivity index (χ0) is 19.1. The fraction of sp³-hybridized carbons (Fsp3) is 0.471. The van der Waals surface area contributed by atoms with Crippen molar-refractivity contribution in [1.29, 1.82) is 5.26 Å². The second kappa shape index (κ2) is 9.34. The highest BCUT2D eigenvalue weighted by molar-refractivity contribution is 7.99. The van der Waals surface area contributed by atoms with Crippen molar-refractivity contribution in [1.82, 2.24) is 10.3 Å². The normalized spacial score (nSPS) is 15.0. The summed E-state index contributed by atoms with van der Waals surface area (Å²) in [6, 6.07) is 5.69. The molecule has 2 aromatic rings. The minimum absolute atomic E-state index is 0.0650. The van der Waals surface area contributed by atoms with Crippen LogP contribution in [0.2, 0.25) is 0 Å². The van der Waals surface area contributed by atoms with Gasteiger partial charge in [-0.2, -0.15) is 5.26 Å². The molecule has 10 heteroatoms. The fourth-order valence-electron chi connectivity index (χ4n) is 2.53. The van der Waals surface area contributed by atoms with Gasteiger partial charge < -0.3 is 9.84 Å². The number of hydrogen-bond donors (Lipinski definition) is 0. The molecule has 27 heavy (non-hydrogen) atoms. The van der Waals surface area contributed by atoms with Crippen LogP contribution in [0.4, 0.5) is 5.88 Å². The molecule has 0 bridgehead atoms. The van der Waals surface area contributed by atoms with Crippen molar-refractivity contribution in [3.05, 3.63) is 29.6 Å². The molecule has 0 aromatic carbocycles. The summed E-state index contributed by atoms with van der Waals surface area (Å²) in [5.41, 5.74) is 1.36. The zero-order valence-corrected chi connectivity index (χ0v) is 15.8. The molecule has 3 rings (SSSR count). The Balaban J connectivity index is 1.64. The molecule has 142 valence electrons. The second-order valence-electron chi connectivity index (χ2n) is 5.84. The zero-order valence-electron chi connectivity index (χ0n) is 15.0. The van der Waals surface area contributed by atoms with Gasteiger partial charge >= 0.3 is 5.88 Å². The highest BCUT2D eigenvalue weighted by Gasteiger charge is 2.22. The number of ether oxygens (including phenoxy) is 1. The van der Waals surface area contributed by atoms with Crippen LogP contribution in [0.25, 0.3) is 0 Å². The first kappa shape index (κ1) is 19.1. The molecule has 1 aliphatic heterocycles. The predicted molar refractivity (Wildman–Crippen MR) is 96.2 cm³/mol. The highest BCUT2D eigenvalue weighted by Crippen LogP contribution is 2.21. The Kier molecular flexibility index (Phi) is 6.62. The molecular formula is C17H20N6O3S. The van der Waals surface area contributed by atoms with Crippen LogP contribution in [-0.2, 0) is 11.2 Å². The maximum Gasteiger partial charge on any atom is 0.324 e. The number of aliphatic imine (C=N–C) groups is 1. The first-order valence-corrected chi connectivity index (χ1v) is 9.67. The number of nitrogens with zero attached hydrogens (tertiary/aromatic N) is 6. The van der Waals surface area contributed by atoms with Gasteiger partial charge in [-0.15, -0.1) is 5.01 Å². The summed E-state index contributed by atoms with van der Waals surface area (Å²) in [4.78, 5) is 9.92. The smallest absolute Gasteiger partial charge is 0.324 e. The van der Waals surface area contributed by atoms with E-state index in [1.54, 1.807) is 12.3 Å². The third-order valence-corrected chi connectivity index (χ3v) is 4.81. The number of morpholine rings is 1. The molecule has 0 spiro atoms. The van der Waals surface area contributed by atoms with Crippen molar-refractivity contribution >= 4 is 23.5 Å². The Bertz CT molecular complexity index is 841. The number of hydrogen-bond acceptors (Lipinski definition) is 9. The number of nitriles is 1. The van der Waals surface area contributed by atoms with Crippen LogP contribution in [0, 0.1) is 11.3 Å². The summed E-state index contributed by atoms with van der Waals surface area (Å²) in [6.07, 6.45) is 3.36. The molecule has 0 atom stereocenters.